The third-order valence-electron chi connectivity index (χ3n) is 5.41. The molecule has 160 valence electrons. The van der Waals surface area contributed by atoms with Crippen LogP contribution in [-0.2, 0) is 4.79 Å². The highest BCUT2D eigenvalue weighted by Crippen LogP contribution is 2.31. The zero-order valence-corrected chi connectivity index (χ0v) is 19.0. The molecule has 0 radical (unpaired) electrons. The van der Waals surface area contributed by atoms with Crippen LogP contribution in [0.5, 0.6) is 0 Å². The molecule has 1 aliphatic rings. The van der Waals surface area contributed by atoms with E-state index in [4.69, 9.17) is 11.6 Å². The third kappa shape index (κ3) is 4.78. The number of rotatable bonds is 4. The topological polar surface area (TPSA) is 75.2 Å². The number of carbonyl (C=O) groups excluding carboxylic acids is 2. The summed E-state index contributed by atoms with van der Waals surface area (Å²) in [6.45, 7) is 4.79. The SMILES string of the molecule is Cc1cccnc1NC(=O)C1CCCN(C(=O)c2sc(-c3ccc(Cl)cc3)nc2C)C1. The molecule has 3 aromatic rings. The number of halogens is 1. The number of hydrogen-bond acceptors (Lipinski definition) is 5. The molecule has 4 rings (SSSR count). The van der Waals surface area contributed by atoms with Gasteiger partial charge >= 0.3 is 0 Å². The molecule has 0 spiro atoms. The molecule has 31 heavy (non-hydrogen) atoms. The van der Waals surface area contributed by atoms with Gasteiger partial charge in [0.15, 0.2) is 0 Å². The summed E-state index contributed by atoms with van der Waals surface area (Å²) in [4.78, 5) is 37.2. The molecule has 1 N–H and O–H groups in total. The van der Waals surface area contributed by atoms with Crippen LogP contribution in [-0.4, -0.2) is 39.8 Å². The second kappa shape index (κ2) is 9.16. The first-order valence-electron chi connectivity index (χ1n) is 10.2. The first kappa shape index (κ1) is 21.5. The number of pyridine rings is 1. The number of nitrogens with zero attached hydrogens (tertiary/aromatic N) is 3. The lowest BCUT2D eigenvalue weighted by atomic mass is 9.97. The molecule has 1 aromatic carbocycles. The Labute approximate surface area is 190 Å². The summed E-state index contributed by atoms with van der Waals surface area (Å²) < 4.78 is 0. The molecule has 0 bridgehead atoms. The van der Waals surface area contributed by atoms with E-state index >= 15 is 0 Å². The Kier molecular flexibility index (Phi) is 6.34. The van der Waals surface area contributed by atoms with Crippen molar-refractivity contribution < 1.29 is 9.59 Å². The third-order valence-corrected chi connectivity index (χ3v) is 6.86. The Morgan fingerprint density at radius 1 is 1.19 bits per heavy atom. The highest BCUT2D eigenvalue weighted by Gasteiger charge is 2.31. The molecular formula is C23H23ClN4O2S. The van der Waals surface area contributed by atoms with Crippen LogP contribution in [0.25, 0.3) is 10.6 Å². The second-order valence-corrected chi connectivity index (χ2v) is 9.12. The Morgan fingerprint density at radius 2 is 1.97 bits per heavy atom. The lowest BCUT2D eigenvalue weighted by Gasteiger charge is -2.31. The Bertz CT molecular complexity index is 1110. The lowest BCUT2D eigenvalue weighted by Crippen LogP contribution is -2.43. The number of piperidine rings is 1. The Morgan fingerprint density at radius 3 is 2.71 bits per heavy atom. The number of nitrogens with one attached hydrogen (secondary N) is 1. The Hall–Kier alpha value is -2.77. The van der Waals surface area contributed by atoms with Crippen molar-refractivity contribution in [3.05, 3.63) is 63.8 Å². The van der Waals surface area contributed by atoms with Crippen molar-refractivity contribution in [2.45, 2.75) is 26.7 Å². The first-order valence-corrected chi connectivity index (χ1v) is 11.4. The molecule has 1 aliphatic heterocycles. The Balaban J connectivity index is 1.47. The van der Waals surface area contributed by atoms with Crippen LogP contribution in [0.3, 0.4) is 0 Å². The summed E-state index contributed by atoms with van der Waals surface area (Å²) in [7, 11) is 0. The molecule has 1 fully saturated rings. The molecule has 2 amide bonds. The van der Waals surface area contributed by atoms with Crippen molar-refractivity contribution in [2.24, 2.45) is 5.92 Å². The van der Waals surface area contributed by atoms with Crippen molar-refractivity contribution in [2.75, 3.05) is 18.4 Å². The minimum atomic E-state index is -0.261. The number of hydrogen-bond donors (Lipinski definition) is 1. The van der Waals surface area contributed by atoms with E-state index in [1.165, 1.54) is 11.3 Å². The maximum atomic E-state index is 13.2. The van der Waals surface area contributed by atoms with Gasteiger partial charge in [0.25, 0.3) is 5.91 Å². The fourth-order valence-electron chi connectivity index (χ4n) is 3.67. The van der Waals surface area contributed by atoms with E-state index in [-0.39, 0.29) is 17.7 Å². The molecule has 0 saturated carbocycles. The lowest BCUT2D eigenvalue weighted by molar-refractivity contribution is -0.121. The molecule has 3 heterocycles. The van der Waals surface area contributed by atoms with Crippen LogP contribution in [0.2, 0.25) is 5.02 Å². The van der Waals surface area contributed by atoms with Crippen molar-refractivity contribution in [3.8, 4) is 10.6 Å². The van der Waals surface area contributed by atoms with E-state index < -0.39 is 0 Å². The summed E-state index contributed by atoms with van der Waals surface area (Å²) in [6, 6.07) is 11.2. The predicted molar refractivity (Wildman–Crippen MR) is 124 cm³/mol. The van der Waals surface area contributed by atoms with E-state index in [1.54, 1.807) is 11.1 Å². The van der Waals surface area contributed by atoms with Gasteiger partial charge in [-0.25, -0.2) is 9.97 Å². The zero-order valence-electron chi connectivity index (χ0n) is 17.4. The number of anilines is 1. The summed E-state index contributed by atoms with van der Waals surface area (Å²) in [5.41, 5.74) is 2.54. The first-order chi connectivity index (χ1) is 14.9. The zero-order chi connectivity index (χ0) is 22.0. The maximum Gasteiger partial charge on any atom is 0.265 e. The van der Waals surface area contributed by atoms with E-state index in [2.05, 4.69) is 15.3 Å². The average molecular weight is 455 g/mol. The average Bonchev–Trinajstić information content (AvgIpc) is 3.17. The normalized spacial score (nSPS) is 16.2. The van der Waals surface area contributed by atoms with Crippen molar-refractivity contribution in [1.29, 1.82) is 0 Å². The van der Waals surface area contributed by atoms with Crippen molar-refractivity contribution in [3.63, 3.8) is 0 Å². The van der Waals surface area contributed by atoms with Gasteiger partial charge in [0.2, 0.25) is 5.91 Å². The van der Waals surface area contributed by atoms with Gasteiger partial charge in [-0.2, -0.15) is 0 Å². The summed E-state index contributed by atoms with van der Waals surface area (Å²) in [6.07, 6.45) is 3.19. The van der Waals surface area contributed by atoms with Crippen LogP contribution < -0.4 is 5.32 Å². The molecule has 1 unspecified atom stereocenters. The summed E-state index contributed by atoms with van der Waals surface area (Å²) in [5, 5.41) is 4.36. The van der Waals surface area contributed by atoms with Gasteiger partial charge in [-0.15, -0.1) is 11.3 Å². The van der Waals surface area contributed by atoms with Gasteiger partial charge in [0.05, 0.1) is 11.6 Å². The van der Waals surface area contributed by atoms with Crippen molar-refractivity contribution >= 4 is 40.6 Å². The smallest absolute Gasteiger partial charge is 0.265 e. The van der Waals surface area contributed by atoms with Crippen LogP contribution in [0.1, 0.15) is 33.8 Å². The number of amides is 2. The molecule has 1 saturated heterocycles. The van der Waals surface area contributed by atoms with Gasteiger partial charge in [-0.3, -0.25) is 9.59 Å². The summed E-state index contributed by atoms with van der Waals surface area (Å²) in [5.74, 6) is 0.147. The van der Waals surface area contributed by atoms with E-state index in [0.29, 0.717) is 34.5 Å². The van der Waals surface area contributed by atoms with Gasteiger partial charge in [0.1, 0.15) is 15.7 Å². The standard InChI is InChI=1S/C23H23ClN4O2S/c1-14-5-3-11-25-20(14)27-21(29)17-6-4-12-28(13-17)23(30)19-15(2)26-22(31-19)16-7-9-18(24)10-8-16/h3,5,7-11,17H,4,6,12-13H2,1-2H3,(H,25,27,29). The minimum Gasteiger partial charge on any atom is -0.337 e. The highest BCUT2D eigenvalue weighted by atomic mass is 35.5. The fourth-order valence-corrected chi connectivity index (χ4v) is 4.83. The summed E-state index contributed by atoms with van der Waals surface area (Å²) >= 11 is 7.35. The van der Waals surface area contributed by atoms with Crippen LogP contribution >= 0.6 is 22.9 Å². The number of aryl methyl sites for hydroxylation is 2. The second-order valence-electron chi connectivity index (χ2n) is 7.69. The predicted octanol–water partition coefficient (Wildman–Crippen LogP) is 4.97. The number of benzene rings is 1. The molecule has 0 aliphatic carbocycles. The minimum absolute atomic E-state index is 0.0678. The van der Waals surface area contributed by atoms with Crippen LogP contribution in [0.4, 0.5) is 5.82 Å². The van der Waals surface area contributed by atoms with Gasteiger partial charge in [-0.05, 0) is 50.5 Å². The van der Waals surface area contributed by atoms with Gasteiger partial charge in [-0.1, -0.05) is 29.8 Å². The number of thiazole rings is 1. The number of carbonyl (C=O) groups is 2. The van der Waals surface area contributed by atoms with Crippen LogP contribution in [0, 0.1) is 19.8 Å². The van der Waals surface area contributed by atoms with E-state index in [9.17, 15) is 9.59 Å². The molecular weight excluding hydrogens is 432 g/mol. The molecule has 2 aromatic heterocycles. The van der Waals surface area contributed by atoms with Gasteiger partial charge in [0, 0.05) is 29.9 Å². The maximum absolute atomic E-state index is 13.2. The molecule has 1 atom stereocenters. The monoisotopic (exact) mass is 454 g/mol. The van der Waals surface area contributed by atoms with Gasteiger partial charge < -0.3 is 10.2 Å². The van der Waals surface area contributed by atoms with Crippen molar-refractivity contribution in [1.82, 2.24) is 14.9 Å². The fraction of sp³-hybridized carbons (Fsp3) is 0.304. The number of aromatic nitrogens is 2. The largest absolute Gasteiger partial charge is 0.337 e. The van der Waals surface area contributed by atoms with Crippen LogP contribution in [0.15, 0.2) is 42.6 Å². The number of likely N-dealkylation sites (tertiary alicyclic amines) is 1. The van der Waals surface area contributed by atoms with E-state index in [1.807, 2.05) is 50.2 Å². The molecule has 6 nitrogen and oxygen atoms in total. The quantitative estimate of drug-likeness (QED) is 0.604. The van der Waals surface area contributed by atoms with E-state index in [0.717, 1.165) is 29.0 Å². The molecule has 8 heteroatoms. The highest BCUT2D eigenvalue weighted by molar-refractivity contribution is 7.17.